The Balaban J connectivity index is 2.19. The Morgan fingerprint density at radius 2 is 1.62 bits per heavy atom. The minimum atomic E-state index is -3.53. The fourth-order valence-corrected chi connectivity index (χ4v) is 8.24. The Kier molecular flexibility index (Phi) is 15.8. The van der Waals surface area contributed by atoms with Crippen LogP contribution >= 0.6 is 0 Å². The largest absolute Gasteiger partial charge is 0.390 e. The number of likely N-dealkylation sites (N-methyl/N-ethyl adjacent to an activating group) is 1. The second-order valence-electron chi connectivity index (χ2n) is 13.1. The van der Waals surface area contributed by atoms with Crippen LogP contribution in [0.1, 0.15) is 105 Å². The van der Waals surface area contributed by atoms with Crippen LogP contribution in [-0.2, 0) is 19.6 Å². The summed E-state index contributed by atoms with van der Waals surface area (Å²) >= 11 is 0. The van der Waals surface area contributed by atoms with Crippen molar-refractivity contribution in [2.75, 3.05) is 32.4 Å². The van der Waals surface area contributed by atoms with Gasteiger partial charge < -0.3 is 15.3 Å². The van der Waals surface area contributed by atoms with Crippen LogP contribution in [0.25, 0.3) is 0 Å². The van der Waals surface area contributed by atoms with Crippen LogP contribution in [0.3, 0.4) is 0 Å². The molecule has 2 saturated carbocycles. The number of carbonyl (C=O) groups excluding carboxylic acids is 2. The molecule has 5 atom stereocenters. The van der Waals surface area contributed by atoms with Crippen molar-refractivity contribution in [3.05, 3.63) is 0 Å². The van der Waals surface area contributed by atoms with Gasteiger partial charge in [0.1, 0.15) is 0 Å². The molecule has 0 aliphatic heterocycles. The summed E-state index contributed by atoms with van der Waals surface area (Å²) in [4.78, 5) is 31.8. The molecule has 3 N–H and O–H groups in total. The van der Waals surface area contributed by atoms with Crippen molar-refractivity contribution in [2.24, 2.45) is 29.6 Å². The molecule has 0 aromatic carbocycles. The third-order valence-electron chi connectivity index (χ3n) is 8.49. The van der Waals surface area contributed by atoms with E-state index in [0.29, 0.717) is 44.7 Å². The molecule has 10 heteroatoms. The van der Waals surface area contributed by atoms with Crippen molar-refractivity contribution >= 4 is 21.8 Å². The number of rotatable bonds is 16. The van der Waals surface area contributed by atoms with Crippen molar-refractivity contribution in [3.63, 3.8) is 0 Å². The first-order valence-corrected chi connectivity index (χ1v) is 17.9. The Morgan fingerprint density at radius 1 is 1.00 bits per heavy atom. The van der Waals surface area contributed by atoms with Crippen molar-refractivity contribution in [3.8, 4) is 11.8 Å². The van der Waals surface area contributed by atoms with E-state index in [1.165, 1.54) is 11.4 Å². The van der Waals surface area contributed by atoms with E-state index >= 15 is 0 Å². The molecule has 9 nitrogen and oxygen atoms in total. The highest BCUT2D eigenvalue weighted by Crippen LogP contribution is 2.35. The first kappa shape index (κ1) is 36.5. The molecular weight excluding hydrogens is 552 g/mol. The van der Waals surface area contributed by atoms with Crippen LogP contribution in [0.4, 0.5) is 0 Å². The van der Waals surface area contributed by atoms with Gasteiger partial charge in [0.15, 0.2) is 0 Å². The summed E-state index contributed by atoms with van der Waals surface area (Å²) < 4.78 is 24.9. The van der Waals surface area contributed by atoms with E-state index in [1.54, 1.807) is 14.0 Å². The monoisotopic (exact) mass is 610 g/mol. The number of hydrogen-bond acceptors (Lipinski definition) is 6. The number of amides is 2. The Hall–Kier alpha value is -1.67. The number of aliphatic hydroxyl groups is 1. The van der Waals surface area contributed by atoms with Gasteiger partial charge >= 0.3 is 0 Å². The lowest BCUT2D eigenvalue weighted by Crippen LogP contribution is -2.53. The van der Waals surface area contributed by atoms with Crippen LogP contribution < -0.4 is 10.1 Å². The summed E-state index contributed by atoms with van der Waals surface area (Å²) in [6.07, 6.45) is 8.85. The molecule has 5 unspecified atom stereocenters. The molecule has 2 amide bonds. The SMILES string of the molecule is CC#CC1CC(C(=O)NC(CC2CCCCC2)C(O)CN(C)NS(=O)(=O)CC(C)C)CC(C(=O)N(CCC)CCC)C1. The second kappa shape index (κ2) is 18.2. The van der Waals surface area contributed by atoms with Crippen molar-refractivity contribution < 1.29 is 23.1 Å². The molecule has 0 aromatic heterocycles. The van der Waals surface area contributed by atoms with E-state index < -0.39 is 22.2 Å². The minimum Gasteiger partial charge on any atom is -0.390 e. The predicted octanol–water partition coefficient (Wildman–Crippen LogP) is 3.93. The van der Waals surface area contributed by atoms with Gasteiger partial charge in [-0.3, -0.25) is 9.59 Å². The first-order chi connectivity index (χ1) is 19.9. The lowest BCUT2D eigenvalue weighted by Gasteiger charge is -2.36. The van der Waals surface area contributed by atoms with Crippen LogP contribution in [0.2, 0.25) is 0 Å². The standard InChI is InChI=1S/C32H58N4O5S/c1-7-13-26-18-27(21-28(19-26)32(39)36(16-8-2)17-9-3)31(38)33-29(20-25-14-11-10-12-15-25)30(37)22-35(6)34-42(40,41)23-24(4)5/h24-30,34,37H,8-12,14-23H2,1-6H3,(H,33,38). The molecule has 0 bridgehead atoms. The predicted molar refractivity (Wildman–Crippen MR) is 168 cm³/mol. The summed E-state index contributed by atoms with van der Waals surface area (Å²) in [7, 11) is -1.93. The maximum absolute atomic E-state index is 13.8. The molecule has 2 rings (SSSR count). The molecule has 0 aromatic rings. The van der Waals surface area contributed by atoms with Crippen LogP contribution in [-0.4, -0.2) is 79.8 Å². The summed E-state index contributed by atoms with van der Waals surface area (Å²) in [5, 5.41) is 15.9. The number of hydrazine groups is 1. The third-order valence-corrected chi connectivity index (χ3v) is 10.2. The number of hydrogen-bond donors (Lipinski definition) is 3. The van der Waals surface area contributed by atoms with E-state index in [4.69, 9.17) is 0 Å². The Bertz CT molecular complexity index is 996. The Labute approximate surface area is 256 Å². The molecule has 0 radical (unpaired) electrons. The van der Waals surface area contributed by atoms with Crippen molar-refractivity contribution in [2.45, 2.75) is 117 Å². The molecule has 2 aliphatic rings. The quantitative estimate of drug-likeness (QED) is 0.180. The van der Waals surface area contributed by atoms with Crippen LogP contribution in [0.15, 0.2) is 0 Å². The van der Waals surface area contributed by atoms with Gasteiger partial charge in [-0.2, -0.15) is 0 Å². The lowest BCUT2D eigenvalue weighted by molar-refractivity contribution is -0.139. The van der Waals surface area contributed by atoms with Crippen molar-refractivity contribution in [1.29, 1.82) is 0 Å². The summed E-state index contributed by atoms with van der Waals surface area (Å²) in [5.41, 5.74) is 0. The highest BCUT2D eigenvalue weighted by atomic mass is 32.2. The normalized spacial score (nSPS) is 23.2. The fraction of sp³-hybridized carbons (Fsp3) is 0.875. The van der Waals surface area contributed by atoms with Gasteiger partial charge in [0.2, 0.25) is 21.8 Å². The molecule has 242 valence electrons. The minimum absolute atomic E-state index is 0.00694. The number of aliphatic hydroxyl groups excluding tert-OH is 1. The van der Waals surface area contributed by atoms with Crippen LogP contribution in [0, 0.1) is 41.4 Å². The smallest absolute Gasteiger partial charge is 0.225 e. The third kappa shape index (κ3) is 12.5. The maximum Gasteiger partial charge on any atom is 0.225 e. The van der Waals surface area contributed by atoms with Gasteiger partial charge in [0, 0.05) is 44.4 Å². The van der Waals surface area contributed by atoms with E-state index in [-0.39, 0.29) is 47.8 Å². The summed E-state index contributed by atoms with van der Waals surface area (Å²) in [5.74, 6) is 5.93. The molecule has 2 fully saturated rings. The van der Waals surface area contributed by atoms with E-state index in [2.05, 4.69) is 35.8 Å². The molecule has 0 saturated heterocycles. The first-order valence-electron chi connectivity index (χ1n) is 16.3. The maximum atomic E-state index is 13.8. The van der Waals surface area contributed by atoms with E-state index in [0.717, 1.165) is 38.5 Å². The fourth-order valence-electron chi connectivity index (χ4n) is 6.74. The van der Waals surface area contributed by atoms with Gasteiger partial charge in [-0.1, -0.05) is 59.8 Å². The average molecular weight is 611 g/mol. The highest BCUT2D eigenvalue weighted by Gasteiger charge is 2.38. The van der Waals surface area contributed by atoms with Gasteiger partial charge in [-0.25, -0.2) is 13.4 Å². The zero-order valence-corrected chi connectivity index (χ0v) is 27.8. The average Bonchev–Trinajstić information content (AvgIpc) is 2.91. The highest BCUT2D eigenvalue weighted by molar-refractivity contribution is 7.89. The van der Waals surface area contributed by atoms with E-state index in [9.17, 15) is 23.1 Å². The summed E-state index contributed by atoms with van der Waals surface area (Å²) in [6, 6.07) is -0.513. The lowest BCUT2D eigenvalue weighted by atomic mass is 9.74. The molecule has 0 spiro atoms. The van der Waals surface area contributed by atoms with Gasteiger partial charge in [0.25, 0.3) is 0 Å². The number of carbonyl (C=O) groups is 2. The van der Waals surface area contributed by atoms with E-state index in [1.807, 2.05) is 18.7 Å². The number of sulfonamides is 1. The molecule has 0 heterocycles. The number of nitrogens with one attached hydrogen (secondary N) is 2. The summed E-state index contributed by atoms with van der Waals surface area (Å²) in [6.45, 7) is 11.1. The Morgan fingerprint density at radius 3 is 2.19 bits per heavy atom. The number of nitrogens with zero attached hydrogens (tertiary/aromatic N) is 2. The molecule has 2 aliphatic carbocycles. The second-order valence-corrected chi connectivity index (χ2v) is 14.8. The zero-order valence-electron chi connectivity index (χ0n) is 27.0. The van der Waals surface area contributed by atoms with Crippen molar-refractivity contribution in [1.82, 2.24) is 20.1 Å². The van der Waals surface area contributed by atoms with Gasteiger partial charge in [-0.05, 0) is 57.3 Å². The molecular formula is C32H58N4O5S. The molecule has 42 heavy (non-hydrogen) atoms. The van der Waals surface area contributed by atoms with Gasteiger partial charge in [0.05, 0.1) is 17.9 Å². The van der Waals surface area contributed by atoms with Crippen LogP contribution in [0.5, 0.6) is 0 Å². The van der Waals surface area contributed by atoms with Gasteiger partial charge in [-0.15, -0.1) is 16.7 Å². The topological polar surface area (TPSA) is 119 Å². The zero-order chi connectivity index (χ0) is 31.3.